The second kappa shape index (κ2) is 6.98. The third-order valence-corrected chi connectivity index (χ3v) is 3.65. The highest BCUT2D eigenvalue weighted by molar-refractivity contribution is 6.06. The first-order valence-corrected chi connectivity index (χ1v) is 7.51. The molecule has 22 heavy (non-hydrogen) atoms. The highest BCUT2D eigenvalue weighted by Gasteiger charge is 2.11. The molecule has 0 bridgehead atoms. The van der Waals surface area contributed by atoms with Crippen LogP contribution >= 0.6 is 0 Å². The SMILES string of the molecule is CCN(CC)c1ccc(NC(=O)c2ccc(C)cc2O)cc1. The highest BCUT2D eigenvalue weighted by Crippen LogP contribution is 2.21. The Morgan fingerprint density at radius 3 is 2.27 bits per heavy atom. The number of carbonyl (C=O) groups is 1. The van der Waals surface area contributed by atoms with E-state index in [4.69, 9.17) is 0 Å². The standard InChI is InChI=1S/C18H22N2O2/c1-4-20(5-2)15-9-7-14(8-10-15)19-18(22)16-11-6-13(3)12-17(16)21/h6-12,21H,4-5H2,1-3H3,(H,19,22). The Bertz CT molecular complexity index is 647. The first kappa shape index (κ1) is 15.9. The molecule has 1 amide bonds. The summed E-state index contributed by atoms with van der Waals surface area (Å²) in [4.78, 5) is 14.4. The lowest BCUT2D eigenvalue weighted by Crippen LogP contribution is -2.21. The number of benzene rings is 2. The number of hydrogen-bond donors (Lipinski definition) is 2. The van der Waals surface area contributed by atoms with Crippen LogP contribution < -0.4 is 10.2 Å². The maximum Gasteiger partial charge on any atom is 0.259 e. The maximum absolute atomic E-state index is 12.2. The summed E-state index contributed by atoms with van der Waals surface area (Å²) in [5.41, 5.74) is 3.03. The first-order chi connectivity index (χ1) is 10.5. The quantitative estimate of drug-likeness (QED) is 0.882. The number of rotatable bonds is 5. The first-order valence-electron chi connectivity index (χ1n) is 7.51. The second-order valence-electron chi connectivity index (χ2n) is 5.19. The molecule has 0 saturated heterocycles. The predicted octanol–water partition coefficient (Wildman–Crippen LogP) is 3.80. The molecule has 116 valence electrons. The monoisotopic (exact) mass is 298 g/mol. The van der Waals surface area contributed by atoms with E-state index in [1.165, 1.54) is 0 Å². The third kappa shape index (κ3) is 3.58. The van der Waals surface area contributed by atoms with Gasteiger partial charge in [-0.25, -0.2) is 0 Å². The van der Waals surface area contributed by atoms with Crippen molar-refractivity contribution in [3.63, 3.8) is 0 Å². The van der Waals surface area contributed by atoms with Crippen molar-refractivity contribution in [2.45, 2.75) is 20.8 Å². The highest BCUT2D eigenvalue weighted by atomic mass is 16.3. The Morgan fingerprint density at radius 2 is 1.73 bits per heavy atom. The summed E-state index contributed by atoms with van der Waals surface area (Å²) in [6, 6.07) is 12.7. The fourth-order valence-electron chi connectivity index (χ4n) is 2.38. The number of phenols is 1. The third-order valence-electron chi connectivity index (χ3n) is 3.65. The lowest BCUT2D eigenvalue weighted by atomic mass is 10.1. The topological polar surface area (TPSA) is 52.6 Å². The van der Waals surface area contributed by atoms with Crippen LogP contribution in [0.2, 0.25) is 0 Å². The van der Waals surface area contributed by atoms with Gasteiger partial charge in [-0.05, 0) is 62.7 Å². The van der Waals surface area contributed by atoms with Crippen LogP contribution in [0, 0.1) is 6.92 Å². The molecule has 0 fully saturated rings. The molecule has 2 aromatic carbocycles. The smallest absolute Gasteiger partial charge is 0.259 e. The number of anilines is 2. The van der Waals surface area contributed by atoms with Crippen molar-refractivity contribution < 1.29 is 9.90 Å². The fourth-order valence-corrected chi connectivity index (χ4v) is 2.38. The van der Waals surface area contributed by atoms with Gasteiger partial charge in [0.2, 0.25) is 0 Å². The minimum atomic E-state index is -0.312. The summed E-state index contributed by atoms with van der Waals surface area (Å²) < 4.78 is 0. The van der Waals surface area contributed by atoms with Crippen LogP contribution in [-0.2, 0) is 0 Å². The fraction of sp³-hybridized carbons (Fsp3) is 0.278. The van der Waals surface area contributed by atoms with Gasteiger partial charge in [-0.3, -0.25) is 4.79 Å². The average Bonchev–Trinajstić information content (AvgIpc) is 2.50. The lowest BCUT2D eigenvalue weighted by Gasteiger charge is -2.21. The van der Waals surface area contributed by atoms with Crippen molar-refractivity contribution in [1.29, 1.82) is 0 Å². The Balaban J connectivity index is 2.12. The van der Waals surface area contributed by atoms with Gasteiger partial charge >= 0.3 is 0 Å². The molecule has 2 N–H and O–H groups in total. The van der Waals surface area contributed by atoms with Gasteiger partial charge in [-0.1, -0.05) is 6.07 Å². The molecule has 0 saturated carbocycles. The summed E-state index contributed by atoms with van der Waals surface area (Å²) in [5, 5.41) is 12.7. The Labute approximate surface area is 131 Å². The summed E-state index contributed by atoms with van der Waals surface area (Å²) in [5.74, 6) is -0.314. The van der Waals surface area contributed by atoms with Crippen molar-refractivity contribution in [3.8, 4) is 5.75 Å². The molecule has 0 aliphatic rings. The van der Waals surface area contributed by atoms with E-state index in [0.29, 0.717) is 5.69 Å². The van der Waals surface area contributed by atoms with Gasteiger partial charge in [0, 0.05) is 24.5 Å². The molecule has 0 atom stereocenters. The van der Waals surface area contributed by atoms with Crippen LogP contribution in [0.3, 0.4) is 0 Å². The van der Waals surface area contributed by atoms with Crippen molar-refractivity contribution >= 4 is 17.3 Å². The summed E-state index contributed by atoms with van der Waals surface area (Å²) in [6.07, 6.45) is 0. The zero-order valence-corrected chi connectivity index (χ0v) is 13.3. The van der Waals surface area contributed by atoms with Crippen LogP contribution in [0.25, 0.3) is 0 Å². The zero-order valence-electron chi connectivity index (χ0n) is 13.3. The van der Waals surface area contributed by atoms with Crippen molar-refractivity contribution in [3.05, 3.63) is 53.6 Å². The Morgan fingerprint density at radius 1 is 1.09 bits per heavy atom. The van der Waals surface area contributed by atoms with Gasteiger partial charge in [-0.15, -0.1) is 0 Å². The molecule has 0 unspecified atom stereocenters. The van der Waals surface area contributed by atoms with E-state index in [0.717, 1.165) is 24.3 Å². The Kier molecular flexibility index (Phi) is 5.04. The number of amides is 1. The minimum absolute atomic E-state index is 0.00254. The largest absolute Gasteiger partial charge is 0.507 e. The van der Waals surface area contributed by atoms with Crippen molar-refractivity contribution in [1.82, 2.24) is 0 Å². The average molecular weight is 298 g/mol. The van der Waals surface area contributed by atoms with E-state index >= 15 is 0 Å². The molecule has 4 nitrogen and oxygen atoms in total. The molecule has 0 spiro atoms. The number of aromatic hydroxyl groups is 1. The zero-order chi connectivity index (χ0) is 16.1. The summed E-state index contributed by atoms with van der Waals surface area (Å²) in [7, 11) is 0. The van der Waals surface area contributed by atoms with E-state index in [-0.39, 0.29) is 17.2 Å². The van der Waals surface area contributed by atoms with Gasteiger partial charge in [0.1, 0.15) is 5.75 Å². The van der Waals surface area contributed by atoms with E-state index in [2.05, 4.69) is 24.1 Å². The molecule has 0 aromatic heterocycles. The van der Waals surface area contributed by atoms with Crippen LogP contribution in [0.4, 0.5) is 11.4 Å². The van der Waals surface area contributed by atoms with Crippen LogP contribution in [0.15, 0.2) is 42.5 Å². The van der Waals surface area contributed by atoms with Gasteiger partial charge in [-0.2, -0.15) is 0 Å². The molecule has 2 aromatic rings. The predicted molar refractivity (Wildman–Crippen MR) is 90.8 cm³/mol. The second-order valence-corrected chi connectivity index (χ2v) is 5.19. The number of carbonyl (C=O) groups excluding carboxylic acids is 1. The van der Waals surface area contributed by atoms with E-state index in [1.54, 1.807) is 18.2 Å². The number of phenolic OH excluding ortho intramolecular Hbond substituents is 1. The van der Waals surface area contributed by atoms with Crippen LogP contribution in [0.1, 0.15) is 29.8 Å². The van der Waals surface area contributed by atoms with Gasteiger partial charge in [0.15, 0.2) is 0 Å². The number of nitrogens with one attached hydrogen (secondary N) is 1. The molecule has 0 heterocycles. The summed E-state index contributed by atoms with van der Waals surface area (Å²) >= 11 is 0. The molecule has 4 heteroatoms. The molecular weight excluding hydrogens is 276 g/mol. The van der Waals surface area contributed by atoms with Crippen LogP contribution in [-0.4, -0.2) is 24.1 Å². The van der Waals surface area contributed by atoms with E-state index < -0.39 is 0 Å². The number of nitrogens with zero attached hydrogens (tertiary/aromatic N) is 1. The molecule has 0 radical (unpaired) electrons. The maximum atomic E-state index is 12.2. The van der Waals surface area contributed by atoms with Crippen LogP contribution in [0.5, 0.6) is 5.75 Å². The minimum Gasteiger partial charge on any atom is -0.507 e. The lowest BCUT2D eigenvalue weighted by molar-refractivity contribution is 0.102. The van der Waals surface area contributed by atoms with Crippen molar-refractivity contribution in [2.75, 3.05) is 23.3 Å². The van der Waals surface area contributed by atoms with Crippen molar-refractivity contribution in [2.24, 2.45) is 0 Å². The Hall–Kier alpha value is -2.49. The van der Waals surface area contributed by atoms with Gasteiger partial charge in [0.25, 0.3) is 5.91 Å². The normalized spacial score (nSPS) is 10.3. The van der Waals surface area contributed by atoms with E-state index in [9.17, 15) is 9.90 Å². The van der Waals surface area contributed by atoms with Gasteiger partial charge in [0.05, 0.1) is 5.56 Å². The number of aryl methyl sites for hydroxylation is 1. The molecule has 0 aliphatic carbocycles. The molecule has 2 rings (SSSR count). The number of hydrogen-bond acceptors (Lipinski definition) is 3. The molecular formula is C18H22N2O2. The van der Waals surface area contributed by atoms with Gasteiger partial charge < -0.3 is 15.3 Å². The van der Waals surface area contributed by atoms with E-state index in [1.807, 2.05) is 31.2 Å². The molecule has 0 aliphatic heterocycles. The summed E-state index contributed by atoms with van der Waals surface area (Å²) in [6.45, 7) is 7.98.